The van der Waals surface area contributed by atoms with E-state index in [0.29, 0.717) is 12.0 Å². The van der Waals surface area contributed by atoms with Gasteiger partial charge in [-0.25, -0.2) is 0 Å². The average molecular weight is 242 g/mol. The predicted molar refractivity (Wildman–Crippen MR) is 72.3 cm³/mol. The van der Waals surface area contributed by atoms with E-state index < -0.39 is 0 Å². The second kappa shape index (κ2) is 3.75. The molecule has 1 saturated heterocycles. The first-order valence-electron chi connectivity index (χ1n) is 6.79. The highest BCUT2D eigenvalue weighted by atomic mass is 16.5. The van der Waals surface area contributed by atoms with Gasteiger partial charge >= 0.3 is 0 Å². The molecule has 4 rings (SSSR count). The molecule has 1 aliphatic heterocycles. The third kappa shape index (κ3) is 1.28. The van der Waals surface area contributed by atoms with Crippen molar-refractivity contribution in [2.45, 2.75) is 31.2 Å². The fourth-order valence-corrected chi connectivity index (χ4v) is 3.76. The number of nitrogens with one attached hydrogen (secondary N) is 2. The van der Waals surface area contributed by atoms with Gasteiger partial charge in [0, 0.05) is 28.4 Å². The summed E-state index contributed by atoms with van der Waals surface area (Å²) in [6.45, 7) is 1.15. The van der Waals surface area contributed by atoms with Gasteiger partial charge in [0.25, 0.3) is 0 Å². The van der Waals surface area contributed by atoms with Crippen molar-refractivity contribution in [2.24, 2.45) is 0 Å². The third-order valence-corrected chi connectivity index (χ3v) is 4.53. The summed E-state index contributed by atoms with van der Waals surface area (Å²) in [6.07, 6.45) is 3.68. The van der Waals surface area contributed by atoms with Crippen molar-refractivity contribution in [3.05, 3.63) is 29.3 Å². The first kappa shape index (κ1) is 10.4. The Morgan fingerprint density at radius 2 is 2.28 bits per heavy atom. The second-order valence-corrected chi connectivity index (χ2v) is 5.42. The fourth-order valence-electron chi connectivity index (χ4n) is 3.76. The van der Waals surface area contributed by atoms with Crippen molar-refractivity contribution in [1.29, 1.82) is 0 Å². The zero-order valence-corrected chi connectivity index (χ0v) is 10.6. The summed E-state index contributed by atoms with van der Waals surface area (Å²) >= 11 is 0. The van der Waals surface area contributed by atoms with E-state index in [2.05, 4.69) is 28.5 Å². The highest BCUT2D eigenvalue weighted by molar-refractivity contribution is 5.90. The van der Waals surface area contributed by atoms with Gasteiger partial charge in [0.15, 0.2) is 5.88 Å². The molecule has 1 aromatic carbocycles. The molecule has 2 aliphatic rings. The number of piperidine rings is 1. The smallest absolute Gasteiger partial charge is 0.194 e. The maximum atomic E-state index is 5.51. The second-order valence-electron chi connectivity index (χ2n) is 5.42. The number of hydrogen-bond acceptors (Lipinski definition) is 2. The Morgan fingerprint density at radius 3 is 3.17 bits per heavy atom. The van der Waals surface area contributed by atoms with Crippen LogP contribution in [-0.4, -0.2) is 24.7 Å². The maximum absolute atomic E-state index is 5.51. The zero-order chi connectivity index (χ0) is 12.1. The quantitative estimate of drug-likeness (QED) is 0.806. The Morgan fingerprint density at radius 1 is 1.33 bits per heavy atom. The minimum absolute atomic E-state index is 0.585. The van der Waals surface area contributed by atoms with E-state index in [1.165, 1.54) is 34.9 Å². The summed E-state index contributed by atoms with van der Waals surface area (Å²) in [6, 6.07) is 7.19. The first-order valence-corrected chi connectivity index (χ1v) is 6.79. The molecular weight excluding hydrogens is 224 g/mol. The summed E-state index contributed by atoms with van der Waals surface area (Å²) in [5, 5.41) is 5.09. The zero-order valence-electron chi connectivity index (χ0n) is 10.6. The molecule has 2 aromatic rings. The number of benzene rings is 1. The minimum atomic E-state index is 0.585. The normalized spacial score (nSPS) is 26.1. The molecule has 0 spiro atoms. The van der Waals surface area contributed by atoms with E-state index >= 15 is 0 Å². The molecule has 2 heterocycles. The molecule has 0 radical (unpaired) electrons. The number of H-pyrrole nitrogens is 1. The lowest BCUT2D eigenvalue weighted by molar-refractivity contribution is 0.337. The topological polar surface area (TPSA) is 37.0 Å². The Labute approximate surface area is 107 Å². The molecule has 2 atom stereocenters. The van der Waals surface area contributed by atoms with Crippen LogP contribution in [0.1, 0.15) is 29.9 Å². The Hall–Kier alpha value is -1.48. The molecule has 1 fully saturated rings. The molecule has 94 valence electrons. The number of methoxy groups -OCH3 is 1. The van der Waals surface area contributed by atoms with Gasteiger partial charge in [-0.05, 0) is 37.4 Å². The number of rotatable bonds is 1. The molecule has 0 amide bonds. The van der Waals surface area contributed by atoms with Crippen LogP contribution in [-0.2, 0) is 6.42 Å². The highest BCUT2D eigenvalue weighted by Crippen LogP contribution is 2.43. The highest BCUT2D eigenvalue weighted by Gasteiger charge is 2.34. The van der Waals surface area contributed by atoms with E-state index in [9.17, 15) is 0 Å². The largest absolute Gasteiger partial charge is 0.482 e. The first-order chi connectivity index (χ1) is 8.88. The SMILES string of the molecule is COc1[nH]c2cccc3c2c1C[C@H]1NCCCC31. The fraction of sp³-hybridized carbons (Fsp3) is 0.467. The number of hydrogen-bond donors (Lipinski definition) is 2. The molecule has 2 N–H and O–H groups in total. The van der Waals surface area contributed by atoms with Crippen molar-refractivity contribution in [3.8, 4) is 5.88 Å². The third-order valence-electron chi connectivity index (χ3n) is 4.53. The Bertz CT molecular complexity index is 602. The van der Waals surface area contributed by atoms with Crippen LogP contribution in [0.15, 0.2) is 18.2 Å². The van der Waals surface area contributed by atoms with Crippen molar-refractivity contribution in [3.63, 3.8) is 0 Å². The molecule has 1 unspecified atom stereocenters. The summed E-state index contributed by atoms with van der Waals surface area (Å²) in [4.78, 5) is 3.41. The van der Waals surface area contributed by atoms with Gasteiger partial charge in [0.1, 0.15) is 0 Å². The van der Waals surface area contributed by atoms with Crippen LogP contribution >= 0.6 is 0 Å². The number of aromatic amines is 1. The van der Waals surface area contributed by atoms with Crippen LogP contribution in [0.5, 0.6) is 5.88 Å². The van der Waals surface area contributed by atoms with Gasteiger partial charge < -0.3 is 15.0 Å². The monoisotopic (exact) mass is 242 g/mol. The molecule has 1 aliphatic carbocycles. The van der Waals surface area contributed by atoms with Gasteiger partial charge in [-0.1, -0.05) is 12.1 Å². The predicted octanol–water partition coefficient (Wildman–Crippen LogP) is 2.57. The molecular formula is C15H18N2O. The van der Waals surface area contributed by atoms with Crippen LogP contribution < -0.4 is 10.1 Å². The standard InChI is InChI=1S/C15H18N2O/c1-18-15-11-8-13-9(5-3-7-16-13)10-4-2-6-12(17-15)14(10)11/h2,4,6,9,13,16-17H,3,5,7-8H2,1H3/t9?,13-/m1/s1. The van der Waals surface area contributed by atoms with E-state index in [-0.39, 0.29) is 0 Å². The van der Waals surface area contributed by atoms with Crippen LogP contribution in [0.25, 0.3) is 10.9 Å². The summed E-state index contributed by atoms with van der Waals surface area (Å²) in [7, 11) is 1.75. The van der Waals surface area contributed by atoms with E-state index in [0.717, 1.165) is 18.8 Å². The van der Waals surface area contributed by atoms with Gasteiger partial charge in [-0.15, -0.1) is 0 Å². The van der Waals surface area contributed by atoms with Crippen LogP contribution in [0.4, 0.5) is 0 Å². The van der Waals surface area contributed by atoms with Crippen LogP contribution in [0.2, 0.25) is 0 Å². The van der Waals surface area contributed by atoms with Crippen molar-refractivity contribution < 1.29 is 4.74 Å². The minimum Gasteiger partial charge on any atom is -0.482 e. The Balaban J connectivity index is 1.98. The summed E-state index contributed by atoms with van der Waals surface area (Å²) in [5.74, 6) is 1.62. The van der Waals surface area contributed by atoms with Crippen LogP contribution in [0, 0.1) is 0 Å². The van der Waals surface area contributed by atoms with Gasteiger partial charge in [-0.3, -0.25) is 0 Å². The van der Waals surface area contributed by atoms with Crippen molar-refractivity contribution in [1.82, 2.24) is 10.3 Å². The average Bonchev–Trinajstić information content (AvgIpc) is 2.79. The van der Waals surface area contributed by atoms with E-state index in [4.69, 9.17) is 4.74 Å². The summed E-state index contributed by atoms with van der Waals surface area (Å²) in [5.41, 5.74) is 4.09. The molecule has 1 aromatic heterocycles. The van der Waals surface area contributed by atoms with Gasteiger partial charge in [0.05, 0.1) is 7.11 Å². The van der Waals surface area contributed by atoms with Gasteiger partial charge in [-0.2, -0.15) is 0 Å². The van der Waals surface area contributed by atoms with E-state index in [1.54, 1.807) is 7.11 Å². The molecule has 3 heteroatoms. The molecule has 3 nitrogen and oxygen atoms in total. The Kier molecular flexibility index (Phi) is 2.18. The number of aromatic nitrogens is 1. The lowest BCUT2D eigenvalue weighted by Crippen LogP contribution is -2.43. The number of fused-ring (bicyclic) bond motifs is 2. The molecule has 18 heavy (non-hydrogen) atoms. The molecule has 0 bridgehead atoms. The number of ether oxygens (including phenoxy) is 1. The lowest BCUT2D eigenvalue weighted by Gasteiger charge is -2.36. The van der Waals surface area contributed by atoms with E-state index in [1.807, 2.05) is 0 Å². The van der Waals surface area contributed by atoms with Crippen molar-refractivity contribution in [2.75, 3.05) is 13.7 Å². The molecule has 0 saturated carbocycles. The lowest BCUT2D eigenvalue weighted by atomic mass is 9.76. The van der Waals surface area contributed by atoms with Gasteiger partial charge in [0.2, 0.25) is 0 Å². The maximum Gasteiger partial charge on any atom is 0.194 e. The van der Waals surface area contributed by atoms with Crippen LogP contribution in [0.3, 0.4) is 0 Å². The summed E-state index contributed by atoms with van der Waals surface area (Å²) < 4.78 is 5.51. The van der Waals surface area contributed by atoms with Crippen molar-refractivity contribution >= 4 is 10.9 Å².